The highest BCUT2D eigenvalue weighted by Crippen LogP contribution is 2.46. The first-order valence-corrected chi connectivity index (χ1v) is 23.2. The van der Waals surface area contributed by atoms with Crippen LogP contribution in [0, 0.1) is 0 Å². The van der Waals surface area contributed by atoms with E-state index >= 15 is 0 Å². The van der Waals surface area contributed by atoms with Crippen LogP contribution in [0.25, 0.3) is 139 Å². The van der Waals surface area contributed by atoms with Gasteiger partial charge >= 0.3 is 0 Å². The SMILES string of the molecule is c1ccc(-c2ccc3c(c2)c2ccccc2n3-c2cc3c(cc2-c2cccc4c2oc2cccc(-c5cccc(-c6nc(-c7ccccc7)nc(-c7ccccc7)n6)c5)c24)oc2ccccc23)cc1. The lowest BCUT2D eigenvalue weighted by Gasteiger charge is -2.15. The zero-order valence-electron chi connectivity index (χ0n) is 37.0. The summed E-state index contributed by atoms with van der Waals surface area (Å²) in [4.78, 5) is 15.0. The van der Waals surface area contributed by atoms with Crippen molar-refractivity contribution in [1.29, 1.82) is 0 Å². The monoisotopic (exact) mass is 882 g/mol. The van der Waals surface area contributed by atoms with Crippen molar-refractivity contribution < 1.29 is 8.83 Å². The fraction of sp³-hybridized carbons (Fsp3) is 0. The molecule has 0 atom stereocenters. The van der Waals surface area contributed by atoms with Gasteiger partial charge in [-0.15, -0.1) is 0 Å². The number of hydrogen-bond acceptors (Lipinski definition) is 5. The summed E-state index contributed by atoms with van der Waals surface area (Å²) in [6.45, 7) is 0. The Morgan fingerprint density at radius 1 is 0.290 bits per heavy atom. The van der Waals surface area contributed by atoms with Crippen LogP contribution in [0.4, 0.5) is 0 Å². The number of furan rings is 2. The van der Waals surface area contributed by atoms with E-state index in [1.807, 2.05) is 72.8 Å². The molecule has 0 saturated heterocycles. The Hall–Kier alpha value is -9.39. The molecule has 14 rings (SSSR count). The number of para-hydroxylation sites is 3. The van der Waals surface area contributed by atoms with E-state index in [1.165, 1.54) is 21.9 Å². The predicted octanol–water partition coefficient (Wildman–Crippen LogP) is 16.8. The Bertz CT molecular complexity index is 4250. The number of benzene rings is 10. The van der Waals surface area contributed by atoms with Crippen LogP contribution < -0.4 is 0 Å². The number of nitrogens with zero attached hydrogens (tertiary/aromatic N) is 4. The molecule has 0 saturated carbocycles. The van der Waals surface area contributed by atoms with Crippen molar-refractivity contribution in [3.05, 3.63) is 231 Å². The molecule has 0 radical (unpaired) electrons. The molecule has 0 fully saturated rings. The molecular weight excluding hydrogens is 845 g/mol. The Morgan fingerprint density at radius 3 is 1.62 bits per heavy atom. The fourth-order valence-corrected chi connectivity index (χ4v) is 10.3. The third-order valence-corrected chi connectivity index (χ3v) is 13.5. The molecule has 69 heavy (non-hydrogen) atoms. The second kappa shape index (κ2) is 15.6. The summed E-state index contributed by atoms with van der Waals surface area (Å²) in [6.07, 6.45) is 0. The lowest BCUT2D eigenvalue weighted by molar-refractivity contribution is 0.668. The average molecular weight is 883 g/mol. The van der Waals surface area contributed by atoms with Crippen molar-refractivity contribution in [3.63, 3.8) is 0 Å². The molecule has 6 nitrogen and oxygen atoms in total. The van der Waals surface area contributed by atoms with Crippen LogP contribution in [0.5, 0.6) is 0 Å². The van der Waals surface area contributed by atoms with E-state index in [0.29, 0.717) is 17.5 Å². The van der Waals surface area contributed by atoms with E-state index in [0.717, 1.165) is 99.5 Å². The van der Waals surface area contributed by atoms with Gasteiger partial charge in [-0.3, -0.25) is 0 Å². The van der Waals surface area contributed by atoms with E-state index in [1.54, 1.807) is 0 Å². The summed E-state index contributed by atoms with van der Waals surface area (Å²) in [5, 5.41) is 6.56. The van der Waals surface area contributed by atoms with Crippen LogP contribution in [0.1, 0.15) is 0 Å². The third-order valence-electron chi connectivity index (χ3n) is 13.5. The summed E-state index contributed by atoms with van der Waals surface area (Å²) in [5.74, 6) is 1.85. The second-order valence-corrected chi connectivity index (χ2v) is 17.5. The number of rotatable bonds is 7. The molecule has 0 bridgehead atoms. The number of hydrogen-bond donors (Lipinski definition) is 0. The van der Waals surface area contributed by atoms with E-state index < -0.39 is 0 Å². The van der Waals surface area contributed by atoms with E-state index in [9.17, 15) is 0 Å². The van der Waals surface area contributed by atoms with Crippen molar-refractivity contribution in [2.24, 2.45) is 0 Å². The molecule has 322 valence electrons. The molecule has 0 spiro atoms. The Morgan fingerprint density at radius 2 is 0.855 bits per heavy atom. The smallest absolute Gasteiger partial charge is 0.164 e. The van der Waals surface area contributed by atoms with Gasteiger partial charge in [-0.05, 0) is 70.8 Å². The molecule has 0 aliphatic carbocycles. The fourth-order valence-electron chi connectivity index (χ4n) is 10.3. The lowest BCUT2D eigenvalue weighted by atomic mass is 9.95. The van der Waals surface area contributed by atoms with Crippen molar-refractivity contribution >= 4 is 65.7 Å². The minimum atomic E-state index is 0.603. The van der Waals surface area contributed by atoms with Gasteiger partial charge in [0, 0.05) is 60.1 Å². The van der Waals surface area contributed by atoms with Gasteiger partial charge in [0.05, 0.1) is 16.7 Å². The zero-order valence-corrected chi connectivity index (χ0v) is 37.0. The summed E-state index contributed by atoms with van der Waals surface area (Å²) >= 11 is 0. The van der Waals surface area contributed by atoms with Gasteiger partial charge in [-0.2, -0.15) is 0 Å². The normalized spacial score (nSPS) is 11.8. The first-order chi connectivity index (χ1) is 34.2. The molecule has 4 heterocycles. The van der Waals surface area contributed by atoms with Crippen molar-refractivity contribution in [2.75, 3.05) is 0 Å². The lowest BCUT2D eigenvalue weighted by Crippen LogP contribution is -2.00. The molecule has 0 unspecified atom stereocenters. The average Bonchev–Trinajstić information content (AvgIpc) is 4.10. The largest absolute Gasteiger partial charge is 0.456 e. The van der Waals surface area contributed by atoms with Crippen LogP contribution in [-0.2, 0) is 0 Å². The standard InChI is InChI=1S/C63H38N4O2/c1-4-17-39(18-5-1)42-33-34-54-50(36-42)46-25-10-12-30-53(46)67(54)55-37-52-47-26-11-13-31-56(47)68-58(52)38-51(55)48-28-15-29-49-59-45(27-16-32-57(59)69-60(48)49)43-23-14-24-44(35-43)63-65-61(40-19-6-2-7-20-40)64-62(66-63)41-21-8-3-9-22-41/h1-38H. The summed E-state index contributed by atoms with van der Waals surface area (Å²) < 4.78 is 16.1. The van der Waals surface area contributed by atoms with Gasteiger partial charge in [0.25, 0.3) is 0 Å². The van der Waals surface area contributed by atoms with Crippen LogP contribution in [0.3, 0.4) is 0 Å². The molecule has 6 heteroatoms. The maximum absolute atomic E-state index is 7.05. The number of aromatic nitrogens is 4. The Labute approximate surface area is 396 Å². The predicted molar refractivity (Wildman–Crippen MR) is 281 cm³/mol. The Balaban J connectivity index is 0.969. The van der Waals surface area contributed by atoms with Gasteiger partial charge in [0.2, 0.25) is 0 Å². The van der Waals surface area contributed by atoms with Crippen LogP contribution in [0.15, 0.2) is 239 Å². The van der Waals surface area contributed by atoms with E-state index in [4.69, 9.17) is 23.8 Å². The van der Waals surface area contributed by atoms with Crippen molar-refractivity contribution in [1.82, 2.24) is 19.5 Å². The highest BCUT2D eigenvalue weighted by atomic mass is 16.3. The maximum atomic E-state index is 7.05. The zero-order chi connectivity index (χ0) is 45.4. The van der Waals surface area contributed by atoms with Gasteiger partial charge in [0.15, 0.2) is 17.5 Å². The topological polar surface area (TPSA) is 69.9 Å². The molecule has 0 aliphatic heterocycles. The molecule has 4 aromatic heterocycles. The van der Waals surface area contributed by atoms with Crippen LogP contribution in [-0.4, -0.2) is 19.5 Å². The maximum Gasteiger partial charge on any atom is 0.164 e. The molecular formula is C63H38N4O2. The van der Waals surface area contributed by atoms with E-state index in [-0.39, 0.29) is 0 Å². The molecule has 0 amide bonds. The van der Waals surface area contributed by atoms with Crippen molar-refractivity contribution in [3.8, 4) is 73.2 Å². The summed E-state index contributed by atoms with van der Waals surface area (Å²) in [5.41, 5.74) is 15.7. The van der Waals surface area contributed by atoms with Crippen molar-refractivity contribution in [2.45, 2.75) is 0 Å². The Kier molecular flexibility index (Phi) is 8.79. The highest BCUT2D eigenvalue weighted by Gasteiger charge is 2.23. The van der Waals surface area contributed by atoms with Crippen LogP contribution >= 0.6 is 0 Å². The van der Waals surface area contributed by atoms with Gasteiger partial charge in [0.1, 0.15) is 22.3 Å². The molecule has 10 aromatic carbocycles. The molecule has 0 N–H and O–H groups in total. The first kappa shape index (κ1) is 38.8. The van der Waals surface area contributed by atoms with Crippen LogP contribution in [0.2, 0.25) is 0 Å². The minimum Gasteiger partial charge on any atom is -0.456 e. The number of fused-ring (bicyclic) bond motifs is 9. The third kappa shape index (κ3) is 6.38. The summed E-state index contributed by atoms with van der Waals surface area (Å²) in [7, 11) is 0. The summed E-state index contributed by atoms with van der Waals surface area (Å²) in [6, 6.07) is 80.4. The second-order valence-electron chi connectivity index (χ2n) is 17.5. The quantitative estimate of drug-likeness (QED) is 0.159. The van der Waals surface area contributed by atoms with Gasteiger partial charge in [-0.1, -0.05) is 182 Å². The minimum absolute atomic E-state index is 0.603. The molecule has 0 aliphatic rings. The molecule has 14 aromatic rings. The van der Waals surface area contributed by atoms with Gasteiger partial charge in [-0.25, -0.2) is 15.0 Å². The van der Waals surface area contributed by atoms with Gasteiger partial charge < -0.3 is 13.4 Å². The highest BCUT2D eigenvalue weighted by molar-refractivity contribution is 6.18. The first-order valence-electron chi connectivity index (χ1n) is 23.2. The van der Waals surface area contributed by atoms with E-state index in [2.05, 4.69) is 162 Å².